The van der Waals surface area contributed by atoms with E-state index in [2.05, 4.69) is 26.6 Å². The fraction of sp³-hybridized carbons (Fsp3) is 0.538. The van der Waals surface area contributed by atoms with Crippen LogP contribution in [0.25, 0.3) is 0 Å². The number of hydrogen-bond acceptors (Lipinski definition) is 2. The van der Waals surface area contributed by atoms with Crippen molar-refractivity contribution in [3.8, 4) is 0 Å². The molecule has 2 N–H and O–H groups in total. The van der Waals surface area contributed by atoms with Crippen LogP contribution < -0.4 is 10.6 Å². The van der Waals surface area contributed by atoms with E-state index in [1.165, 1.54) is 0 Å². The molecule has 0 saturated carbocycles. The van der Waals surface area contributed by atoms with Crippen LogP contribution in [0.4, 0.5) is 0 Å². The smallest absolute Gasteiger partial charge is 0.268 e. The molecule has 1 heterocycles. The highest BCUT2D eigenvalue weighted by atomic mass is 79.9. The lowest BCUT2D eigenvalue weighted by atomic mass is 10.1. The van der Waals surface area contributed by atoms with Gasteiger partial charge in [-0.05, 0) is 49.7 Å². The molecule has 1 rings (SSSR count). The van der Waals surface area contributed by atoms with Gasteiger partial charge in [-0.25, -0.2) is 0 Å². The van der Waals surface area contributed by atoms with Crippen molar-refractivity contribution in [2.75, 3.05) is 6.54 Å². The molecule has 1 aromatic rings. The number of amides is 2. The first-order valence-corrected chi connectivity index (χ1v) is 6.97. The summed E-state index contributed by atoms with van der Waals surface area (Å²) in [7, 11) is 0. The van der Waals surface area contributed by atoms with Gasteiger partial charge in [0.25, 0.3) is 5.91 Å². The second-order valence-electron chi connectivity index (χ2n) is 5.31. The molecule has 0 aromatic carbocycles. The number of carbonyl (C=O) groups excluding carboxylic acids is 2. The molecule has 0 aliphatic carbocycles. The minimum atomic E-state index is -0.297. The molecule has 19 heavy (non-hydrogen) atoms. The molecule has 0 fully saturated rings. The fourth-order valence-corrected chi connectivity index (χ4v) is 2.10. The van der Waals surface area contributed by atoms with E-state index in [1.54, 1.807) is 6.07 Å². The summed E-state index contributed by atoms with van der Waals surface area (Å²) in [6.07, 6.45) is 1.84. The summed E-state index contributed by atoms with van der Waals surface area (Å²) < 4.78 is 2.67. The molecule has 0 aliphatic rings. The van der Waals surface area contributed by atoms with E-state index in [0.29, 0.717) is 12.2 Å². The molecule has 0 aliphatic heterocycles. The lowest BCUT2D eigenvalue weighted by Crippen LogP contribution is -2.46. The first kappa shape index (κ1) is 15.8. The van der Waals surface area contributed by atoms with Crippen LogP contribution in [0.2, 0.25) is 0 Å². The first-order valence-electron chi connectivity index (χ1n) is 6.18. The Morgan fingerprint density at radius 1 is 1.37 bits per heavy atom. The Kier molecular flexibility index (Phi) is 5.17. The van der Waals surface area contributed by atoms with Crippen molar-refractivity contribution in [2.45, 2.75) is 39.8 Å². The lowest BCUT2D eigenvalue weighted by Gasteiger charge is -2.20. The zero-order chi connectivity index (χ0) is 14.6. The van der Waals surface area contributed by atoms with Crippen LogP contribution in [-0.2, 0) is 11.3 Å². The number of aryl methyl sites for hydroxylation is 1. The van der Waals surface area contributed by atoms with Crippen LogP contribution in [0.5, 0.6) is 0 Å². The highest BCUT2D eigenvalue weighted by molar-refractivity contribution is 9.10. The molecular weight excluding hydrogens is 310 g/mol. The van der Waals surface area contributed by atoms with Crippen LogP contribution in [-0.4, -0.2) is 28.5 Å². The minimum Gasteiger partial charge on any atom is -0.350 e. The van der Waals surface area contributed by atoms with E-state index < -0.39 is 0 Å². The van der Waals surface area contributed by atoms with Gasteiger partial charge in [-0.1, -0.05) is 0 Å². The van der Waals surface area contributed by atoms with Gasteiger partial charge in [0, 0.05) is 22.8 Å². The van der Waals surface area contributed by atoms with Gasteiger partial charge in [0.15, 0.2) is 0 Å². The molecule has 106 valence electrons. The second kappa shape index (κ2) is 6.23. The van der Waals surface area contributed by atoms with Crippen molar-refractivity contribution < 1.29 is 9.59 Å². The number of carbonyl (C=O) groups is 2. The minimum absolute atomic E-state index is 0.0252. The zero-order valence-corrected chi connectivity index (χ0v) is 13.3. The highest BCUT2D eigenvalue weighted by Gasteiger charge is 2.16. The van der Waals surface area contributed by atoms with E-state index in [4.69, 9.17) is 0 Å². The van der Waals surface area contributed by atoms with Crippen LogP contribution in [0, 0.1) is 0 Å². The predicted octanol–water partition coefficient (Wildman–Crippen LogP) is 1.91. The van der Waals surface area contributed by atoms with Crippen molar-refractivity contribution in [1.82, 2.24) is 15.2 Å². The maximum Gasteiger partial charge on any atom is 0.268 e. The van der Waals surface area contributed by atoms with Crippen molar-refractivity contribution in [3.63, 3.8) is 0 Å². The number of aromatic nitrogens is 1. The molecule has 1 aromatic heterocycles. The maximum atomic E-state index is 12.0. The number of rotatable bonds is 4. The fourth-order valence-electron chi connectivity index (χ4n) is 1.64. The Labute approximate surface area is 121 Å². The molecule has 6 heteroatoms. The van der Waals surface area contributed by atoms with Gasteiger partial charge < -0.3 is 15.2 Å². The standard InChI is InChI=1S/C13H20BrN3O2/c1-5-17-8-9(14)6-10(17)12(19)15-7-11(18)16-13(2,3)4/h6,8H,5,7H2,1-4H3,(H,15,19)(H,16,18). The zero-order valence-electron chi connectivity index (χ0n) is 11.7. The van der Waals surface area contributed by atoms with Gasteiger partial charge in [-0.15, -0.1) is 0 Å². The normalized spacial score (nSPS) is 11.2. The van der Waals surface area contributed by atoms with Crippen molar-refractivity contribution in [1.29, 1.82) is 0 Å². The van der Waals surface area contributed by atoms with E-state index in [1.807, 2.05) is 38.5 Å². The predicted molar refractivity (Wildman–Crippen MR) is 78.0 cm³/mol. The maximum absolute atomic E-state index is 12.0. The highest BCUT2D eigenvalue weighted by Crippen LogP contribution is 2.14. The van der Waals surface area contributed by atoms with Gasteiger partial charge in [0.1, 0.15) is 5.69 Å². The number of nitrogens with one attached hydrogen (secondary N) is 2. The third kappa shape index (κ3) is 5.06. The third-order valence-electron chi connectivity index (χ3n) is 2.36. The van der Waals surface area contributed by atoms with E-state index in [9.17, 15) is 9.59 Å². The van der Waals surface area contributed by atoms with Crippen molar-refractivity contribution in [3.05, 3.63) is 22.4 Å². The van der Waals surface area contributed by atoms with Gasteiger partial charge in [0.05, 0.1) is 6.54 Å². The largest absolute Gasteiger partial charge is 0.350 e. The van der Waals surface area contributed by atoms with Gasteiger partial charge in [-0.2, -0.15) is 0 Å². The monoisotopic (exact) mass is 329 g/mol. The van der Waals surface area contributed by atoms with Crippen molar-refractivity contribution >= 4 is 27.7 Å². The lowest BCUT2D eigenvalue weighted by molar-refractivity contribution is -0.121. The van der Waals surface area contributed by atoms with E-state index in [0.717, 1.165) is 4.47 Å². The summed E-state index contributed by atoms with van der Waals surface area (Å²) in [5.41, 5.74) is 0.243. The summed E-state index contributed by atoms with van der Waals surface area (Å²) in [4.78, 5) is 23.6. The molecule has 0 atom stereocenters. The molecule has 0 unspecified atom stereocenters. The SMILES string of the molecule is CCn1cc(Br)cc1C(=O)NCC(=O)NC(C)(C)C. The van der Waals surface area contributed by atoms with Crippen LogP contribution in [0.15, 0.2) is 16.7 Å². The number of nitrogens with zero attached hydrogens (tertiary/aromatic N) is 1. The molecule has 0 spiro atoms. The molecule has 0 bridgehead atoms. The molecule has 0 radical (unpaired) electrons. The summed E-state index contributed by atoms with van der Waals surface area (Å²) >= 11 is 3.33. The number of hydrogen-bond donors (Lipinski definition) is 2. The Hall–Kier alpha value is -1.30. The van der Waals surface area contributed by atoms with Gasteiger partial charge in [0.2, 0.25) is 5.91 Å². The topological polar surface area (TPSA) is 63.1 Å². The summed E-state index contributed by atoms with van der Waals surface area (Å²) in [6, 6.07) is 1.74. The molecular formula is C13H20BrN3O2. The molecule has 2 amide bonds. The third-order valence-corrected chi connectivity index (χ3v) is 2.79. The number of halogens is 1. The average molecular weight is 330 g/mol. The van der Waals surface area contributed by atoms with Gasteiger partial charge >= 0.3 is 0 Å². The van der Waals surface area contributed by atoms with Crippen LogP contribution in [0.1, 0.15) is 38.2 Å². The Morgan fingerprint density at radius 3 is 2.53 bits per heavy atom. The average Bonchev–Trinajstić information content (AvgIpc) is 2.65. The van der Waals surface area contributed by atoms with Crippen molar-refractivity contribution in [2.24, 2.45) is 0 Å². The Morgan fingerprint density at radius 2 is 2.00 bits per heavy atom. The Bertz CT molecular complexity index is 475. The van der Waals surface area contributed by atoms with Crippen LogP contribution in [0.3, 0.4) is 0 Å². The molecule has 5 nitrogen and oxygen atoms in total. The van der Waals surface area contributed by atoms with E-state index in [-0.39, 0.29) is 23.9 Å². The second-order valence-corrected chi connectivity index (χ2v) is 6.23. The van der Waals surface area contributed by atoms with Gasteiger partial charge in [-0.3, -0.25) is 9.59 Å². The quantitative estimate of drug-likeness (QED) is 0.886. The summed E-state index contributed by atoms with van der Waals surface area (Å²) in [5.74, 6) is -0.453. The summed E-state index contributed by atoms with van der Waals surface area (Å²) in [6.45, 7) is 8.31. The van der Waals surface area contributed by atoms with Crippen LogP contribution >= 0.6 is 15.9 Å². The first-order chi connectivity index (χ1) is 8.73. The van der Waals surface area contributed by atoms with E-state index >= 15 is 0 Å². The summed E-state index contributed by atoms with van der Waals surface area (Å²) in [5, 5.41) is 5.41. The molecule has 0 saturated heterocycles. The Balaban J connectivity index is 2.58.